The second-order valence-corrected chi connectivity index (χ2v) is 1.91. The molecular formula is C4H7N3O. The fourth-order valence-corrected chi connectivity index (χ4v) is 0.740. The molecule has 0 aromatic heterocycles. The van der Waals surface area contributed by atoms with Crippen LogP contribution >= 0.6 is 0 Å². The molecule has 8 heavy (non-hydrogen) atoms. The van der Waals surface area contributed by atoms with Crippen LogP contribution < -0.4 is 16.6 Å². The van der Waals surface area contributed by atoms with E-state index in [1.165, 1.54) is 0 Å². The van der Waals surface area contributed by atoms with Crippen LogP contribution in [0, 0.1) is 0 Å². The fraction of sp³-hybridized carbons (Fsp3) is 0.500. The van der Waals surface area contributed by atoms with E-state index in [-0.39, 0.29) is 12.3 Å². The highest BCUT2D eigenvalue weighted by Crippen LogP contribution is 2.22. The van der Waals surface area contributed by atoms with Crippen molar-refractivity contribution in [3.8, 4) is 0 Å². The molecule has 0 aromatic rings. The number of nitrogens with two attached hydrogens (primary N) is 1. The molecule has 1 fully saturated rings. The molecular weight excluding hydrogens is 106 g/mol. The lowest BCUT2D eigenvalue weighted by molar-refractivity contribution is 0.349. The summed E-state index contributed by atoms with van der Waals surface area (Å²) in [5.41, 5.74) is 10.9. The van der Waals surface area contributed by atoms with Crippen molar-refractivity contribution in [2.75, 3.05) is 0 Å². The van der Waals surface area contributed by atoms with Gasteiger partial charge in [-0.3, -0.25) is 0 Å². The molecule has 2 aliphatic heterocycles. The Balaban J connectivity index is 2.15. The van der Waals surface area contributed by atoms with Gasteiger partial charge in [0.1, 0.15) is 11.9 Å². The van der Waals surface area contributed by atoms with Crippen molar-refractivity contribution < 1.29 is 4.74 Å². The molecule has 4 heteroatoms. The van der Waals surface area contributed by atoms with Crippen molar-refractivity contribution in [3.05, 3.63) is 11.9 Å². The molecule has 2 heterocycles. The van der Waals surface area contributed by atoms with Gasteiger partial charge in [0.05, 0.1) is 0 Å². The minimum Gasteiger partial charge on any atom is -0.385 e. The van der Waals surface area contributed by atoms with Gasteiger partial charge in [-0.25, -0.2) is 5.43 Å². The summed E-state index contributed by atoms with van der Waals surface area (Å²) in [4.78, 5) is 0. The van der Waals surface area contributed by atoms with Gasteiger partial charge in [0.15, 0.2) is 6.23 Å². The maximum absolute atomic E-state index is 5.36. The highest BCUT2D eigenvalue weighted by Gasteiger charge is 2.39. The third-order valence-corrected chi connectivity index (χ3v) is 1.23. The van der Waals surface area contributed by atoms with E-state index in [2.05, 4.69) is 10.9 Å². The van der Waals surface area contributed by atoms with Crippen LogP contribution in [0.2, 0.25) is 0 Å². The largest absolute Gasteiger partial charge is 0.385 e. The van der Waals surface area contributed by atoms with Crippen molar-refractivity contribution >= 4 is 0 Å². The molecule has 2 aliphatic rings. The highest BCUT2D eigenvalue weighted by molar-refractivity contribution is 5.10. The van der Waals surface area contributed by atoms with Gasteiger partial charge in [0, 0.05) is 0 Å². The standard InChI is InChI=1S/C4H7N3O/c5-3-1-2-4(8-2)7-6-3/h1-2,4,6-7H,5H2. The van der Waals surface area contributed by atoms with Crippen LogP contribution in [0.4, 0.5) is 0 Å². The van der Waals surface area contributed by atoms with E-state index in [4.69, 9.17) is 10.5 Å². The van der Waals surface area contributed by atoms with Crippen molar-refractivity contribution in [3.63, 3.8) is 0 Å². The third-order valence-electron chi connectivity index (χ3n) is 1.23. The average molecular weight is 113 g/mol. The third kappa shape index (κ3) is 0.469. The zero-order valence-corrected chi connectivity index (χ0v) is 4.22. The summed E-state index contributed by atoms with van der Waals surface area (Å²) in [5.74, 6) is 0.642. The van der Waals surface area contributed by atoms with Crippen LogP contribution in [0.3, 0.4) is 0 Å². The molecule has 4 N–H and O–H groups in total. The Morgan fingerprint density at radius 2 is 2.62 bits per heavy atom. The molecule has 2 rings (SSSR count). The Bertz CT molecular complexity index is 144. The molecule has 4 nitrogen and oxygen atoms in total. The quantitative estimate of drug-likeness (QED) is 0.339. The first-order valence-corrected chi connectivity index (χ1v) is 2.50. The molecule has 44 valence electrons. The summed E-state index contributed by atoms with van der Waals surface area (Å²) in [6.07, 6.45) is 2.24. The predicted molar refractivity (Wildman–Crippen MR) is 27.2 cm³/mol. The number of hydrazine groups is 1. The van der Waals surface area contributed by atoms with Gasteiger partial charge in [0.25, 0.3) is 0 Å². The Morgan fingerprint density at radius 1 is 1.75 bits per heavy atom. The van der Waals surface area contributed by atoms with Crippen LogP contribution in [0.15, 0.2) is 11.9 Å². The van der Waals surface area contributed by atoms with E-state index in [1.54, 1.807) is 0 Å². The maximum Gasteiger partial charge on any atom is 0.155 e. The maximum atomic E-state index is 5.36. The zero-order chi connectivity index (χ0) is 5.56. The van der Waals surface area contributed by atoms with E-state index in [1.807, 2.05) is 6.08 Å². The fourth-order valence-electron chi connectivity index (χ4n) is 0.740. The zero-order valence-electron chi connectivity index (χ0n) is 4.22. The minimum absolute atomic E-state index is 0.169. The van der Waals surface area contributed by atoms with Gasteiger partial charge in [-0.2, -0.15) is 0 Å². The predicted octanol–water partition coefficient (Wildman–Crippen LogP) is -1.38. The van der Waals surface area contributed by atoms with Crippen LogP contribution in [-0.2, 0) is 4.74 Å². The normalized spacial score (nSPS) is 41.8. The molecule has 2 unspecified atom stereocenters. The summed E-state index contributed by atoms with van der Waals surface area (Å²) < 4.78 is 5.02. The van der Waals surface area contributed by atoms with E-state index < -0.39 is 0 Å². The second-order valence-electron chi connectivity index (χ2n) is 1.91. The van der Waals surface area contributed by atoms with Crippen molar-refractivity contribution in [2.24, 2.45) is 5.73 Å². The summed E-state index contributed by atoms with van der Waals surface area (Å²) in [7, 11) is 0. The summed E-state index contributed by atoms with van der Waals surface area (Å²) in [6.45, 7) is 0. The lowest BCUT2D eigenvalue weighted by Gasteiger charge is -2.07. The van der Waals surface area contributed by atoms with E-state index in [9.17, 15) is 0 Å². The summed E-state index contributed by atoms with van der Waals surface area (Å²) in [6, 6.07) is 0. The van der Waals surface area contributed by atoms with E-state index in [0.29, 0.717) is 5.82 Å². The van der Waals surface area contributed by atoms with Gasteiger partial charge in [-0.15, -0.1) is 0 Å². The van der Waals surface area contributed by atoms with Crippen LogP contribution in [0.5, 0.6) is 0 Å². The number of nitrogens with one attached hydrogen (secondary N) is 2. The number of ether oxygens (including phenoxy) is 1. The van der Waals surface area contributed by atoms with Crippen molar-refractivity contribution in [1.82, 2.24) is 10.9 Å². The average Bonchev–Trinajstić information content (AvgIpc) is 2.43. The molecule has 0 aromatic carbocycles. The Hall–Kier alpha value is -0.740. The number of fused-ring (bicyclic) bond motifs is 1. The Labute approximate surface area is 46.7 Å². The van der Waals surface area contributed by atoms with Crippen LogP contribution in [-0.4, -0.2) is 12.3 Å². The first-order chi connectivity index (χ1) is 3.86. The van der Waals surface area contributed by atoms with Gasteiger partial charge in [0.2, 0.25) is 0 Å². The first kappa shape index (κ1) is 4.17. The topological polar surface area (TPSA) is 62.6 Å². The molecule has 0 aliphatic carbocycles. The minimum atomic E-state index is 0.169. The molecule has 2 atom stereocenters. The van der Waals surface area contributed by atoms with Gasteiger partial charge < -0.3 is 15.9 Å². The molecule has 0 bridgehead atoms. The number of rotatable bonds is 0. The Morgan fingerprint density at radius 3 is 3.25 bits per heavy atom. The smallest absolute Gasteiger partial charge is 0.155 e. The molecule has 0 spiro atoms. The number of hydrogen-bond acceptors (Lipinski definition) is 4. The second kappa shape index (κ2) is 1.15. The monoisotopic (exact) mass is 113 g/mol. The number of hydrogen-bond donors (Lipinski definition) is 3. The highest BCUT2D eigenvalue weighted by atomic mass is 16.6. The molecule has 0 amide bonds. The van der Waals surface area contributed by atoms with Gasteiger partial charge in [-0.05, 0) is 6.08 Å². The van der Waals surface area contributed by atoms with E-state index in [0.717, 1.165) is 0 Å². The molecule has 0 saturated carbocycles. The van der Waals surface area contributed by atoms with Crippen molar-refractivity contribution in [1.29, 1.82) is 0 Å². The lowest BCUT2D eigenvalue weighted by Crippen LogP contribution is -2.40. The first-order valence-electron chi connectivity index (χ1n) is 2.50. The van der Waals surface area contributed by atoms with E-state index >= 15 is 0 Å². The summed E-state index contributed by atoms with van der Waals surface area (Å²) in [5, 5.41) is 0. The van der Waals surface area contributed by atoms with Gasteiger partial charge >= 0.3 is 0 Å². The Kier molecular flexibility index (Phi) is 0.601. The molecule has 0 radical (unpaired) electrons. The lowest BCUT2D eigenvalue weighted by atomic mass is 10.4. The van der Waals surface area contributed by atoms with Crippen LogP contribution in [0.25, 0.3) is 0 Å². The number of epoxide rings is 1. The van der Waals surface area contributed by atoms with Crippen LogP contribution in [0.1, 0.15) is 0 Å². The summed E-state index contributed by atoms with van der Waals surface area (Å²) >= 11 is 0. The SMILES string of the molecule is NC1=CC2OC2NN1. The van der Waals surface area contributed by atoms with Crippen molar-refractivity contribution in [2.45, 2.75) is 12.3 Å². The van der Waals surface area contributed by atoms with Gasteiger partial charge in [-0.1, -0.05) is 0 Å². The molecule has 1 saturated heterocycles.